The van der Waals surface area contributed by atoms with Gasteiger partial charge in [0.05, 0.1) is 12.3 Å². The minimum Gasteiger partial charge on any atom is -0.391 e. The number of aliphatic hydroxyl groups is 1. The summed E-state index contributed by atoms with van der Waals surface area (Å²) in [5.74, 6) is -0.603. The van der Waals surface area contributed by atoms with Crippen LogP contribution in [0.4, 0.5) is 10.1 Å². The zero-order valence-corrected chi connectivity index (χ0v) is 12.6. The molecule has 20 heavy (non-hydrogen) atoms. The zero-order valence-electron chi connectivity index (χ0n) is 11.0. The number of benzene rings is 1. The molecular weight excluding hydrogens is 301 g/mol. The lowest BCUT2D eigenvalue weighted by atomic mass is 10.3. The predicted octanol–water partition coefficient (Wildman–Crippen LogP) is 2.51. The fourth-order valence-corrected chi connectivity index (χ4v) is 4.51. The Hall–Kier alpha value is -1.44. The van der Waals surface area contributed by atoms with Crippen LogP contribution < -0.4 is 4.31 Å². The Kier molecular flexibility index (Phi) is 4.12. The number of halogens is 1. The Labute approximate surface area is 121 Å². The van der Waals surface area contributed by atoms with Crippen LogP contribution in [0, 0.1) is 12.7 Å². The fourth-order valence-electron chi connectivity index (χ4n) is 1.84. The molecule has 0 amide bonds. The first kappa shape index (κ1) is 15.0. The minimum absolute atomic E-state index is 0.0105. The van der Waals surface area contributed by atoms with Gasteiger partial charge in [-0.15, -0.1) is 11.3 Å². The average molecular weight is 315 g/mol. The number of sulfonamides is 1. The lowest BCUT2D eigenvalue weighted by molar-refractivity contribution is 0.285. The van der Waals surface area contributed by atoms with E-state index in [1.54, 1.807) is 13.0 Å². The van der Waals surface area contributed by atoms with Gasteiger partial charge in [-0.25, -0.2) is 12.8 Å². The van der Waals surface area contributed by atoms with Crippen LogP contribution in [0.5, 0.6) is 0 Å². The van der Waals surface area contributed by atoms with E-state index < -0.39 is 15.8 Å². The van der Waals surface area contributed by atoms with E-state index in [4.69, 9.17) is 5.11 Å². The monoisotopic (exact) mass is 315 g/mol. The molecule has 0 aliphatic heterocycles. The summed E-state index contributed by atoms with van der Waals surface area (Å²) in [4.78, 5) is 1.22. The first-order chi connectivity index (χ1) is 9.37. The van der Waals surface area contributed by atoms with Crippen molar-refractivity contribution < 1.29 is 17.9 Å². The molecule has 0 spiro atoms. The molecule has 0 fully saturated rings. The number of para-hydroxylation sites is 1. The summed E-state index contributed by atoms with van der Waals surface area (Å²) in [5.41, 5.74) is -0.0105. The summed E-state index contributed by atoms with van der Waals surface area (Å²) in [5, 5.41) is 9.08. The number of hydrogen-bond acceptors (Lipinski definition) is 4. The van der Waals surface area contributed by atoms with Crippen LogP contribution in [-0.2, 0) is 16.6 Å². The first-order valence-corrected chi connectivity index (χ1v) is 8.07. The summed E-state index contributed by atoms with van der Waals surface area (Å²) < 4.78 is 39.7. The van der Waals surface area contributed by atoms with E-state index in [9.17, 15) is 12.8 Å². The van der Waals surface area contributed by atoms with Crippen LogP contribution >= 0.6 is 11.3 Å². The molecular formula is C13H14FNO3S2. The Balaban J connectivity index is 2.49. The standard InChI is InChI=1S/C13H14FNO3S2/c1-9-13(7-10(8-16)19-9)20(17,18)15(2)12-6-4-3-5-11(12)14/h3-7,16H,8H2,1-2H3. The second-order valence-electron chi connectivity index (χ2n) is 4.22. The Morgan fingerprint density at radius 2 is 2.00 bits per heavy atom. The maximum absolute atomic E-state index is 13.7. The van der Waals surface area contributed by atoms with Crippen LogP contribution in [0.25, 0.3) is 0 Å². The molecule has 0 saturated heterocycles. The molecule has 0 aliphatic carbocycles. The maximum Gasteiger partial charge on any atom is 0.265 e. The number of aryl methyl sites for hydroxylation is 1. The molecule has 1 aromatic carbocycles. The second-order valence-corrected chi connectivity index (χ2v) is 7.49. The van der Waals surface area contributed by atoms with Gasteiger partial charge in [0.15, 0.2) is 0 Å². The molecule has 1 aromatic heterocycles. The van der Waals surface area contributed by atoms with Crippen molar-refractivity contribution in [2.45, 2.75) is 18.4 Å². The highest BCUT2D eigenvalue weighted by Gasteiger charge is 2.26. The fraction of sp³-hybridized carbons (Fsp3) is 0.231. The highest BCUT2D eigenvalue weighted by molar-refractivity contribution is 7.93. The number of aliphatic hydroxyl groups excluding tert-OH is 1. The van der Waals surface area contributed by atoms with Crippen LogP contribution in [0.15, 0.2) is 35.2 Å². The summed E-state index contributed by atoms with van der Waals surface area (Å²) in [6, 6.07) is 7.11. The van der Waals surface area contributed by atoms with E-state index in [0.717, 1.165) is 4.31 Å². The summed E-state index contributed by atoms with van der Waals surface area (Å²) in [6.07, 6.45) is 0. The van der Waals surface area contributed by atoms with Gasteiger partial charge in [-0.1, -0.05) is 12.1 Å². The topological polar surface area (TPSA) is 57.6 Å². The molecule has 4 nitrogen and oxygen atoms in total. The van der Waals surface area contributed by atoms with Crippen molar-refractivity contribution in [3.05, 3.63) is 45.9 Å². The molecule has 1 N–H and O–H groups in total. The molecule has 1 heterocycles. The summed E-state index contributed by atoms with van der Waals surface area (Å²) in [7, 11) is -2.53. The lowest BCUT2D eigenvalue weighted by Crippen LogP contribution is -2.27. The maximum atomic E-state index is 13.7. The summed E-state index contributed by atoms with van der Waals surface area (Å²) in [6.45, 7) is 1.44. The van der Waals surface area contributed by atoms with Crippen molar-refractivity contribution in [2.75, 3.05) is 11.4 Å². The third-order valence-corrected chi connectivity index (χ3v) is 5.97. The molecule has 0 radical (unpaired) electrons. The van der Waals surface area contributed by atoms with E-state index in [2.05, 4.69) is 0 Å². The van der Waals surface area contributed by atoms with Gasteiger partial charge in [-0.05, 0) is 25.1 Å². The van der Waals surface area contributed by atoms with E-state index in [1.165, 1.54) is 42.6 Å². The SMILES string of the molecule is Cc1sc(CO)cc1S(=O)(=O)N(C)c1ccccc1F. The van der Waals surface area contributed by atoms with Gasteiger partial charge in [0.2, 0.25) is 0 Å². The lowest BCUT2D eigenvalue weighted by Gasteiger charge is -2.19. The molecule has 0 aliphatic rings. The second kappa shape index (κ2) is 5.51. The number of nitrogens with zero attached hydrogens (tertiary/aromatic N) is 1. The van der Waals surface area contributed by atoms with Crippen LogP contribution in [0.3, 0.4) is 0 Å². The van der Waals surface area contributed by atoms with Crippen molar-refractivity contribution in [3.63, 3.8) is 0 Å². The van der Waals surface area contributed by atoms with Crippen molar-refractivity contribution in [1.82, 2.24) is 0 Å². The molecule has 2 rings (SSSR count). The summed E-state index contributed by atoms with van der Waals surface area (Å²) >= 11 is 1.21. The van der Waals surface area contributed by atoms with Gasteiger partial charge >= 0.3 is 0 Å². The van der Waals surface area contributed by atoms with Crippen LogP contribution in [0.1, 0.15) is 9.75 Å². The molecule has 0 bridgehead atoms. The van der Waals surface area contributed by atoms with Gasteiger partial charge in [0, 0.05) is 16.8 Å². The van der Waals surface area contributed by atoms with Crippen molar-refractivity contribution in [3.8, 4) is 0 Å². The number of hydrogen-bond donors (Lipinski definition) is 1. The number of thiophene rings is 1. The number of anilines is 1. The smallest absolute Gasteiger partial charge is 0.265 e. The molecule has 108 valence electrons. The first-order valence-electron chi connectivity index (χ1n) is 5.81. The van der Waals surface area contributed by atoms with E-state index in [0.29, 0.717) is 9.75 Å². The predicted molar refractivity (Wildman–Crippen MR) is 77.0 cm³/mol. The molecule has 0 unspecified atom stereocenters. The average Bonchev–Trinajstić information content (AvgIpc) is 2.80. The molecule has 0 atom stereocenters. The van der Waals surface area contributed by atoms with Gasteiger partial charge in [0.1, 0.15) is 10.7 Å². The minimum atomic E-state index is -3.84. The largest absolute Gasteiger partial charge is 0.391 e. The van der Waals surface area contributed by atoms with Gasteiger partial charge in [-0.2, -0.15) is 0 Å². The van der Waals surface area contributed by atoms with Crippen molar-refractivity contribution in [1.29, 1.82) is 0 Å². The van der Waals surface area contributed by atoms with E-state index in [1.807, 2.05) is 0 Å². The quantitative estimate of drug-likeness (QED) is 0.943. The van der Waals surface area contributed by atoms with Crippen molar-refractivity contribution in [2.24, 2.45) is 0 Å². The molecule has 0 saturated carbocycles. The highest BCUT2D eigenvalue weighted by Crippen LogP contribution is 2.30. The van der Waals surface area contributed by atoms with E-state index >= 15 is 0 Å². The molecule has 2 aromatic rings. The number of rotatable bonds is 4. The van der Waals surface area contributed by atoms with Gasteiger partial charge in [-0.3, -0.25) is 4.31 Å². The third kappa shape index (κ3) is 2.56. The third-order valence-electron chi connectivity index (χ3n) is 2.91. The molecule has 7 heteroatoms. The Morgan fingerprint density at radius 1 is 1.35 bits per heavy atom. The van der Waals surface area contributed by atoms with Crippen molar-refractivity contribution >= 4 is 27.0 Å². The highest BCUT2D eigenvalue weighted by atomic mass is 32.2. The van der Waals surface area contributed by atoms with Crippen LogP contribution in [0.2, 0.25) is 0 Å². The Morgan fingerprint density at radius 3 is 2.55 bits per heavy atom. The normalized spacial score (nSPS) is 11.6. The Bertz CT molecular complexity index is 725. The van der Waals surface area contributed by atoms with E-state index in [-0.39, 0.29) is 17.2 Å². The zero-order chi connectivity index (χ0) is 14.9. The van der Waals surface area contributed by atoms with Gasteiger partial charge in [0.25, 0.3) is 10.0 Å². The van der Waals surface area contributed by atoms with Gasteiger partial charge < -0.3 is 5.11 Å². The van der Waals surface area contributed by atoms with Crippen LogP contribution in [-0.4, -0.2) is 20.6 Å².